The van der Waals surface area contributed by atoms with Crippen molar-refractivity contribution in [2.45, 2.75) is 129 Å². The van der Waals surface area contributed by atoms with Crippen LogP contribution in [-0.4, -0.2) is 65.7 Å². The molecule has 0 saturated heterocycles. The smallest absolute Gasteiger partial charge is 0.462 e. The lowest BCUT2D eigenvalue weighted by Crippen LogP contribution is -2.29. The Morgan fingerprint density at radius 2 is 1.08 bits per heavy atom. The summed E-state index contributed by atoms with van der Waals surface area (Å²) >= 11 is 0. The summed E-state index contributed by atoms with van der Waals surface area (Å²) in [5.41, 5.74) is 0. The third kappa shape index (κ3) is 37.0. The quantitative estimate of drug-likeness (QED) is 0.0190. The maximum atomic E-state index is 12.6. The molecule has 53 heavy (non-hydrogen) atoms. The Morgan fingerprint density at radius 1 is 0.585 bits per heavy atom. The molecule has 11 heteroatoms. The highest BCUT2D eigenvalue weighted by Gasteiger charge is 2.27. The van der Waals surface area contributed by atoms with Crippen molar-refractivity contribution >= 4 is 19.8 Å². The number of carbonyl (C=O) groups is 2. The molecular formula is C42H67O10P. The minimum absolute atomic E-state index is 0.142. The summed E-state index contributed by atoms with van der Waals surface area (Å²) in [6.07, 6.45) is 43.8. The number of esters is 2. The largest absolute Gasteiger partial charge is 0.472 e. The fraction of sp³-hybridized carbons (Fsp3) is 0.571. The normalized spacial score (nSPS) is 15.0. The first-order valence-electron chi connectivity index (χ1n) is 19.2. The predicted octanol–water partition coefficient (Wildman–Crippen LogP) is 9.66. The van der Waals surface area contributed by atoms with Crippen molar-refractivity contribution in [3.63, 3.8) is 0 Å². The number of allylic oxidation sites excluding steroid dienone is 16. The third-order valence-electron chi connectivity index (χ3n) is 7.33. The first-order valence-corrected chi connectivity index (χ1v) is 20.7. The van der Waals surface area contributed by atoms with Crippen LogP contribution in [0.15, 0.2) is 97.2 Å². The monoisotopic (exact) mass is 762 g/mol. The molecule has 0 bridgehead atoms. The molecule has 3 atom stereocenters. The molecule has 0 aromatic carbocycles. The summed E-state index contributed by atoms with van der Waals surface area (Å²) in [5.74, 6) is -1.01. The number of ether oxygens (including phenoxy) is 2. The van der Waals surface area contributed by atoms with Crippen molar-refractivity contribution < 1.29 is 47.8 Å². The van der Waals surface area contributed by atoms with Gasteiger partial charge in [0.05, 0.1) is 19.8 Å². The van der Waals surface area contributed by atoms with Crippen LogP contribution in [0, 0.1) is 0 Å². The second-order valence-corrected chi connectivity index (χ2v) is 13.7. The molecule has 0 spiro atoms. The molecule has 0 fully saturated rings. The number of hydrogen-bond donors (Lipinski definition) is 3. The van der Waals surface area contributed by atoms with Gasteiger partial charge in [-0.1, -0.05) is 130 Å². The molecule has 10 nitrogen and oxygen atoms in total. The van der Waals surface area contributed by atoms with E-state index in [4.69, 9.17) is 19.1 Å². The molecule has 0 aliphatic rings. The van der Waals surface area contributed by atoms with Crippen LogP contribution in [0.3, 0.4) is 0 Å². The standard InChI is InChI=1S/C42H67O10P/c1-3-5-7-9-11-13-15-17-19-21-23-25-27-29-31-33-41(45)49-37-40(38-51-53(47,48)50-36-39(44)35-43)52-42(46)34-32-30-28-26-24-22-20-18-16-14-12-10-8-6-4-2/h5-8,10-14,16-20,23,25,39-40,43-44H,3-4,9,15,21-22,24,26-38H2,1-2H3,(H,47,48)/b7-5+,8-6+,12-10+,13-11+,16-14+,19-17+,20-18+,25-23+/t39-,40+/m0/s1. The van der Waals surface area contributed by atoms with E-state index >= 15 is 0 Å². The van der Waals surface area contributed by atoms with E-state index in [1.165, 1.54) is 0 Å². The summed E-state index contributed by atoms with van der Waals surface area (Å²) < 4.78 is 32.5. The third-order valence-corrected chi connectivity index (χ3v) is 8.28. The SMILES string of the molecule is CC/C=C/C=C/C=C/C=C/CCCCCCCC(=O)O[C@H](COC(=O)CCCC/C=C/C/C=C/C/C=C/C/C=C/CC)COP(=O)(O)OC[C@@H](O)CO. The van der Waals surface area contributed by atoms with E-state index in [0.717, 1.165) is 77.0 Å². The Hall–Kier alpha value is -3.11. The number of rotatable bonds is 34. The average Bonchev–Trinajstić information content (AvgIpc) is 3.14. The average molecular weight is 763 g/mol. The number of phosphoric ester groups is 1. The lowest BCUT2D eigenvalue weighted by atomic mass is 10.1. The molecule has 0 radical (unpaired) electrons. The highest BCUT2D eigenvalue weighted by atomic mass is 31.2. The molecule has 0 amide bonds. The first-order chi connectivity index (χ1) is 25.7. The van der Waals surface area contributed by atoms with Gasteiger partial charge in [-0.2, -0.15) is 0 Å². The Bertz CT molecular complexity index is 1200. The van der Waals surface area contributed by atoms with Crippen LogP contribution in [0.5, 0.6) is 0 Å². The van der Waals surface area contributed by atoms with Crippen LogP contribution >= 0.6 is 7.82 Å². The maximum Gasteiger partial charge on any atom is 0.472 e. The van der Waals surface area contributed by atoms with Crippen molar-refractivity contribution in [3.8, 4) is 0 Å². The maximum absolute atomic E-state index is 12.6. The van der Waals surface area contributed by atoms with E-state index < -0.39 is 51.8 Å². The number of phosphoric acid groups is 1. The summed E-state index contributed by atoms with van der Waals surface area (Å²) in [4.78, 5) is 34.9. The molecule has 0 rings (SSSR count). The molecular weight excluding hydrogens is 695 g/mol. The zero-order chi connectivity index (χ0) is 39.1. The van der Waals surface area contributed by atoms with Crippen LogP contribution in [0.25, 0.3) is 0 Å². The summed E-state index contributed by atoms with van der Waals surface area (Å²) in [6.45, 7) is 2.01. The zero-order valence-electron chi connectivity index (χ0n) is 32.2. The van der Waals surface area contributed by atoms with Gasteiger partial charge in [0.2, 0.25) is 0 Å². The van der Waals surface area contributed by atoms with Gasteiger partial charge >= 0.3 is 19.8 Å². The Balaban J connectivity index is 4.51. The van der Waals surface area contributed by atoms with Crippen molar-refractivity contribution in [1.29, 1.82) is 0 Å². The van der Waals surface area contributed by atoms with Crippen LogP contribution in [-0.2, 0) is 32.7 Å². The van der Waals surface area contributed by atoms with E-state index in [1.54, 1.807) is 0 Å². The summed E-state index contributed by atoms with van der Waals surface area (Å²) in [6, 6.07) is 0. The fourth-order valence-corrected chi connectivity index (χ4v) is 5.19. The Morgan fingerprint density at radius 3 is 1.74 bits per heavy atom. The van der Waals surface area contributed by atoms with Crippen molar-refractivity contribution in [2.24, 2.45) is 0 Å². The van der Waals surface area contributed by atoms with Crippen LogP contribution < -0.4 is 0 Å². The van der Waals surface area contributed by atoms with Crippen LogP contribution in [0.2, 0.25) is 0 Å². The minimum Gasteiger partial charge on any atom is -0.462 e. The van der Waals surface area contributed by atoms with Gasteiger partial charge < -0.3 is 24.6 Å². The van der Waals surface area contributed by atoms with Gasteiger partial charge in [0.25, 0.3) is 0 Å². The Labute approximate surface area is 319 Å². The van der Waals surface area contributed by atoms with Gasteiger partial charge in [0.1, 0.15) is 12.7 Å². The van der Waals surface area contributed by atoms with E-state index in [-0.39, 0.29) is 19.4 Å². The molecule has 1 unspecified atom stereocenters. The molecule has 3 N–H and O–H groups in total. The van der Waals surface area contributed by atoms with E-state index in [9.17, 15) is 24.2 Å². The van der Waals surface area contributed by atoms with Gasteiger partial charge in [-0.25, -0.2) is 4.57 Å². The van der Waals surface area contributed by atoms with Gasteiger partial charge in [-0.3, -0.25) is 18.6 Å². The lowest BCUT2D eigenvalue weighted by Gasteiger charge is -2.20. The molecule has 0 aromatic rings. The predicted molar refractivity (Wildman–Crippen MR) is 214 cm³/mol. The first kappa shape index (κ1) is 49.9. The molecule has 300 valence electrons. The number of unbranched alkanes of at least 4 members (excludes halogenated alkanes) is 7. The van der Waals surface area contributed by atoms with Gasteiger partial charge in [0.15, 0.2) is 6.10 Å². The van der Waals surface area contributed by atoms with Gasteiger partial charge in [0, 0.05) is 12.8 Å². The molecule has 0 aliphatic heterocycles. The number of hydrogen-bond acceptors (Lipinski definition) is 9. The van der Waals surface area contributed by atoms with Crippen molar-refractivity contribution in [1.82, 2.24) is 0 Å². The van der Waals surface area contributed by atoms with Gasteiger partial charge in [-0.05, 0) is 70.6 Å². The number of carbonyl (C=O) groups excluding carboxylic acids is 2. The molecule has 0 aliphatic carbocycles. The number of aliphatic hydroxyl groups is 2. The van der Waals surface area contributed by atoms with Gasteiger partial charge in [-0.15, -0.1) is 0 Å². The fourth-order valence-electron chi connectivity index (χ4n) is 4.40. The molecule has 0 aromatic heterocycles. The van der Waals surface area contributed by atoms with Crippen molar-refractivity contribution in [2.75, 3.05) is 26.4 Å². The minimum atomic E-state index is -4.64. The second kappa shape index (κ2) is 37.2. The Kier molecular flexibility index (Phi) is 35.0. The molecule has 0 heterocycles. The highest BCUT2D eigenvalue weighted by molar-refractivity contribution is 7.47. The zero-order valence-corrected chi connectivity index (χ0v) is 33.1. The topological polar surface area (TPSA) is 149 Å². The van der Waals surface area contributed by atoms with Crippen LogP contribution in [0.1, 0.15) is 117 Å². The summed E-state index contributed by atoms with van der Waals surface area (Å²) in [5, 5.41) is 18.3. The van der Waals surface area contributed by atoms with Crippen molar-refractivity contribution in [3.05, 3.63) is 97.2 Å². The highest BCUT2D eigenvalue weighted by Crippen LogP contribution is 2.43. The van der Waals surface area contributed by atoms with E-state index in [1.807, 2.05) is 36.5 Å². The lowest BCUT2D eigenvalue weighted by molar-refractivity contribution is -0.161. The van der Waals surface area contributed by atoms with Crippen LogP contribution in [0.4, 0.5) is 0 Å². The summed E-state index contributed by atoms with van der Waals surface area (Å²) in [7, 11) is -4.64. The molecule has 0 saturated carbocycles. The van der Waals surface area contributed by atoms with E-state index in [2.05, 4.69) is 79.1 Å². The van der Waals surface area contributed by atoms with E-state index in [0.29, 0.717) is 12.8 Å². The second-order valence-electron chi connectivity index (χ2n) is 12.3. The number of aliphatic hydroxyl groups excluding tert-OH is 2.